The number of aliphatic hydroxyl groups is 1. The van der Waals surface area contributed by atoms with E-state index in [2.05, 4.69) is 53.4 Å². The molecule has 0 heterocycles. The van der Waals surface area contributed by atoms with Gasteiger partial charge in [-0.2, -0.15) is 0 Å². The molecule has 1 N–H and O–H groups in total. The van der Waals surface area contributed by atoms with E-state index in [0.29, 0.717) is 12.0 Å². The van der Waals surface area contributed by atoms with Crippen molar-refractivity contribution >= 4 is 0 Å². The van der Waals surface area contributed by atoms with Crippen molar-refractivity contribution in [1.82, 2.24) is 4.90 Å². The Morgan fingerprint density at radius 2 is 1.47 bits per heavy atom. The van der Waals surface area contributed by atoms with Crippen LogP contribution in [0, 0.1) is 11.3 Å². The molecule has 1 unspecified atom stereocenters. The van der Waals surface area contributed by atoms with Crippen LogP contribution in [0.5, 0.6) is 0 Å². The molecule has 0 amide bonds. The lowest BCUT2D eigenvalue weighted by atomic mass is 9.88. The van der Waals surface area contributed by atoms with Gasteiger partial charge in [-0.05, 0) is 24.2 Å². The van der Waals surface area contributed by atoms with Gasteiger partial charge in [0.25, 0.3) is 0 Å². The second kappa shape index (κ2) is 7.38. The van der Waals surface area contributed by atoms with Gasteiger partial charge in [-0.1, -0.05) is 48.5 Å². The molecule has 0 bridgehead atoms. The monoisotopic (exact) mass is 243 g/mol. The lowest BCUT2D eigenvalue weighted by molar-refractivity contribution is 0.0104. The molecule has 0 saturated heterocycles. The molecule has 0 saturated carbocycles. The van der Waals surface area contributed by atoms with Gasteiger partial charge in [0.1, 0.15) is 0 Å². The van der Waals surface area contributed by atoms with E-state index in [1.807, 2.05) is 0 Å². The Bertz CT molecular complexity index is 192. The molecule has 17 heavy (non-hydrogen) atoms. The average Bonchev–Trinajstić information content (AvgIpc) is 2.16. The van der Waals surface area contributed by atoms with Crippen molar-refractivity contribution in [2.75, 3.05) is 13.1 Å². The van der Waals surface area contributed by atoms with E-state index in [1.54, 1.807) is 0 Å². The van der Waals surface area contributed by atoms with Gasteiger partial charge in [-0.3, -0.25) is 4.90 Å². The Labute approximate surface area is 108 Å². The number of hydrogen-bond acceptors (Lipinski definition) is 2. The summed E-state index contributed by atoms with van der Waals surface area (Å²) in [4.78, 5) is 2.47. The lowest BCUT2D eigenvalue weighted by Crippen LogP contribution is -2.45. The minimum atomic E-state index is -0.248. The maximum atomic E-state index is 10.3. The quantitative estimate of drug-likeness (QED) is 0.739. The summed E-state index contributed by atoms with van der Waals surface area (Å²) in [5.41, 5.74) is -0.0265. The minimum absolute atomic E-state index is 0.0265. The molecule has 2 heteroatoms. The third-order valence-electron chi connectivity index (χ3n) is 3.47. The van der Waals surface area contributed by atoms with Crippen molar-refractivity contribution < 1.29 is 5.11 Å². The highest BCUT2D eigenvalue weighted by Gasteiger charge is 2.27. The molecule has 1 atom stereocenters. The van der Waals surface area contributed by atoms with Gasteiger partial charge in [0.2, 0.25) is 0 Å². The summed E-state index contributed by atoms with van der Waals surface area (Å²) in [5.74, 6) is 0.655. The molecule has 0 aliphatic rings. The molecule has 0 spiro atoms. The van der Waals surface area contributed by atoms with Crippen molar-refractivity contribution in [3.63, 3.8) is 0 Å². The largest absolute Gasteiger partial charge is 0.391 e. The van der Waals surface area contributed by atoms with E-state index in [4.69, 9.17) is 0 Å². The van der Waals surface area contributed by atoms with Crippen LogP contribution in [0.15, 0.2) is 0 Å². The van der Waals surface area contributed by atoms with Crippen molar-refractivity contribution in [2.24, 2.45) is 11.3 Å². The van der Waals surface area contributed by atoms with Crippen LogP contribution in [0.25, 0.3) is 0 Å². The Balaban J connectivity index is 4.58. The van der Waals surface area contributed by atoms with Gasteiger partial charge >= 0.3 is 0 Å². The normalized spacial score (nSPS) is 15.0. The standard InChI is InChI=1S/C15H33NO/c1-8-13(9-2)16(10-12(3)4)11-14(17)15(5,6)7/h12-14,17H,8-11H2,1-7H3. The highest BCUT2D eigenvalue weighted by molar-refractivity contribution is 4.80. The van der Waals surface area contributed by atoms with E-state index in [0.717, 1.165) is 13.1 Å². The Hall–Kier alpha value is -0.0800. The van der Waals surface area contributed by atoms with Gasteiger partial charge < -0.3 is 5.11 Å². The second-order valence-electron chi connectivity index (χ2n) is 6.70. The summed E-state index contributed by atoms with van der Waals surface area (Å²) in [6, 6.07) is 0.606. The van der Waals surface area contributed by atoms with Crippen molar-refractivity contribution in [3.05, 3.63) is 0 Å². The van der Waals surface area contributed by atoms with Gasteiger partial charge in [0.15, 0.2) is 0 Å². The summed E-state index contributed by atoms with van der Waals surface area (Å²) < 4.78 is 0. The smallest absolute Gasteiger partial charge is 0.0715 e. The molecule has 0 rings (SSSR count). The Kier molecular flexibility index (Phi) is 7.34. The molecule has 0 aromatic heterocycles. The predicted octanol–water partition coefficient (Wildman–Crippen LogP) is 3.54. The van der Waals surface area contributed by atoms with E-state index < -0.39 is 0 Å². The van der Waals surface area contributed by atoms with Crippen LogP contribution in [-0.4, -0.2) is 35.2 Å². The first-order valence-electron chi connectivity index (χ1n) is 7.14. The zero-order chi connectivity index (χ0) is 13.6. The van der Waals surface area contributed by atoms with Crippen molar-refractivity contribution in [3.8, 4) is 0 Å². The Morgan fingerprint density at radius 3 is 1.76 bits per heavy atom. The Morgan fingerprint density at radius 1 is 1.00 bits per heavy atom. The number of aliphatic hydroxyl groups excluding tert-OH is 1. The first-order chi connectivity index (χ1) is 7.72. The number of nitrogens with zero attached hydrogens (tertiary/aromatic N) is 1. The number of rotatable bonds is 7. The average molecular weight is 243 g/mol. The molecule has 0 aromatic carbocycles. The third-order valence-corrected chi connectivity index (χ3v) is 3.47. The number of hydrogen-bond donors (Lipinski definition) is 1. The zero-order valence-electron chi connectivity index (χ0n) is 13.0. The fraction of sp³-hybridized carbons (Fsp3) is 1.00. The molecule has 0 aliphatic carbocycles. The topological polar surface area (TPSA) is 23.5 Å². The first kappa shape index (κ1) is 16.9. The van der Waals surface area contributed by atoms with Crippen molar-refractivity contribution in [2.45, 2.75) is 73.5 Å². The zero-order valence-corrected chi connectivity index (χ0v) is 13.0. The third kappa shape index (κ3) is 6.42. The minimum Gasteiger partial charge on any atom is -0.391 e. The van der Waals surface area contributed by atoms with Gasteiger partial charge in [0.05, 0.1) is 6.10 Å². The van der Waals surface area contributed by atoms with Crippen LogP contribution >= 0.6 is 0 Å². The summed E-state index contributed by atoms with van der Waals surface area (Å²) in [6.45, 7) is 17.2. The molecule has 104 valence electrons. The molecule has 0 aliphatic heterocycles. The van der Waals surface area contributed by atoms with E-state index in [9.17, 15) is 5.11 Å². The molecular formula is C15H33NO. The molecule has 2 nitrogen and oxygen atoms in total. The van der Waals surface area contributed by atoms with Crippen LogP contribution < -0.4 is 0 Å². The maximum absolute atomic E-state index is 10.3. The summed E-state index contributed by atoms with van der Waals surface area (Å²) in [6.07, 6.45) is 2.09. The van der Waals surface area contributed by atoms with E-state index >= 15 is 0 Å². The van der Waals surface area contributed by atoms with Crippen LogP contribution in [0.3, 0.4) is 0 Å². The first-order valence-corrected chi connectivity index (χ1v) is 7.14. The molecule has 0 aromatic rings. The second-order valence-corrected chi connectivity index (χ2v) is 6.70. The van der Waals surface area contributed by atoms with Crippen LogP contribution in [0.1, 0.15) is 61.3 Å². The fourth-order valence-corrected chi connectivity index (χ4v) is 2.14. The maximum Gasteiger partial charge on any atom is 0.0715 e. The fourth-order valence-electron chi connectivity index (χ4n) is 2.14. The highest BCUT2D eigenvalue weighted by atomic mass is 16.3. The predicted molar refractivity (Wildman–Crippen MR) is 76.2 cm³/mol. The molecule has 0 radical (unpaired) electrons. The summed E-state index contributed by atoms with van der Waals surface area (Å²) in [7, 11) is 0. The molecule has 0 fully saturated rings. The molecular weight excluding hydrogens is 210 g/mol. The highest BCUT2D eigenvalue weighted by Crippen LogP contribution is 2.22. The summed E-state index contributed by atoms with van der Waals surface area (Å²) in [5, 5.41) is 10.3. The van der Waals surface area contributed by atoms with Crippen LogP contribution in [-0.2, 0) is 0 Å². The van der Waals surface area contributed by atoms with Crippen LogP contribution in [0.4, 0.5) is 0 Å². The van der Waals surface area contributed by atoms with Crippen LogP contribution in [0.2, 0.25) is 0 Å². The lowest BCUT2D eigenvalue weighted by Gasteiger charge is -2.37. The summed E-state index contributed by atoms with van der Waals surface area (Å²) >= 11 is 0. The van der Waals surface area contributed by atoms with Gasteiger partial charge in [0, 0.05) is 19.1 Å². The van der Waals surface area contributed by atoms with Gasteiger partial charge in [-0.25, -0.2) is 0 Å². The van der Waals surface area contributed by atoms with E-state index in [1.165, 1.54) is 12.8 Å². The van der Waals surface area contributed by atoms with Crippen molar-refractivity contribution in [1.29, 1.82) is 0 Å². The SMILES string of the molecule is CCC(CC)N(CC(C)C)CC(O)C(C)(C)C. The van der Waals surface area contributed by atoms with E-state index in [-0.39, 0.29) is 11.5 Å². The van der Waals surface area contributed by atoms with Gasteiger partial charge in [-0.15, -0.1) is 0 Å².